The van der Waals surface area contributed by atoms with E-state index in [0.29, 0.717) is 29.4 Å². The summed E-state index contributed by atoms with van der Waals surface area (Å²) in [4.78, 5) is 0. The summed E-state index contributed by atoms with van der Waals surface area (Å²) in [7, 11) is 8.13. The van der Waals surface area contributed by atoms with E-state index >= 15 is 0 Å². The highest BCUT2D eigenvalue weighted by molar-refractivity contribution is 8.19. The summed E-state index contributed by atoms with van der Waals surface area (Å²) in [6.07, 6.45) is 6.18. The van der Waals surface area contributed by atoms with Crippen molar-refractivity contribution in [3.05, 3.63) is 47.5 Å². The maximum absolute atomic E-state index is 5.97. The van der Waals surface area contributed by atoms with Crippen LogP contribution in [0, 0.1) is 0 Å². The van der Waals surface area contributed by atoms with Gasteiger partial charge in [-0.1, -0.05) is 24.3 Å². The van der Waals surface area contributed by atoms with E-state index in [4.69, 9.17) is 33.2 Å². The smallest absolute Gasteiger partial charge is 0.188 e. The Kier molecular flexibility index (Phi) is 10.8. The molecule has 192 valence electrons. The number of rotatable bonds is 13. The Balaban J connectivity index is 2.03. The molecule has 1 heterocycles. The predicted octanol–water partition coefficient (Wildman–Crippen LogP) is 5.50. The average Bonchev–Trinajstić information content (AvgIpc) is 2.90. The molecule has 35 heavy (non-hydrogen) atoms. The van der Waals surface area contributed by atoms with Gasteiger partial charge in [-0.15, -0.1) is 23.5 Å². The number of hydrogen-bond donors (Lipinski definition) is 0. The fourth-order valence-electron chi connectivity index (χ4n) is 3.79. The Morgan fingerprint density at radius 2 is 1.37 bits per heavy atom. The molecule has 1 saturated heterocycles. The van der Waals surface area contributed by atoms with Crippen LogP contribution in [0.3, 0.4) is 0 Å². The minimum Gasteiger partial charge on any atom is -0.496 e. The summed E-state index contributed by atoms with van der Waals surface area (Å²) in [5.41, 5.74) is 1.86. The third kappa shape index (κ3) is 6.94. The molecule has 1 aliphatic heterocycles. The number of ether oxygens (including phenoxy) is 7. The molecule has 2 aromatic rings. The van der Waals surface area contributed by atoms with Crippen LogP contribution in [0.15, 0.2) is 36.4 Å². The minimum atomic E-state index is -0.245. The SMILES string of the molecule is COCOc1c(/C=C/C2(Cc3c(OC)ccc(OC)c3OCOC)SCCCS2)cccc1OC. The maximum Gasteiger partial charge on any atom is 0.188 e. The predicted molar refractivity (Wildman–Crippen MR) is 143 cm³/mol. The number of hydrogen-bond acceptors (Lipinski definition) is 9. The van der Waals surface area contributed by atoms with Gasteiger partial charge in [0.15, 0.2) is 36.6 Å². The number of methoxy groups -OCH3 is 5. The van der Waals surface area contributed by atoms with E-state index in [9.17, 15) is 0 Å². The largest absolute Gasteiger partial charge is 0.496 e. The molecular formula is C26H34O7S2. The van der Waals surface area contributed by atoms with Crippen LogP contribution >= 0.6 is 23.5 Å². The van der Waals surface area contributed by atoms with Gasteiger partial charge in [0.25, 0.3) is 0 Å². The van der Waals surface area contributed by atoms with Crippen molar-refractivity contribution in [1.82, 2.24) is 0 Å². The molecule has 0 aliphatic carbocycles. The number of para-hydroxylation sites is 1. The molecule has 0 bridgehead atoms. The first-order chi connectivity index (χ1) is 17.1. The quantitative estimate of drug-likeness (QED) is 0.317. The molecule has 0 radical (unpaired) electrons. The molecule has 0 saturated carbocycles. The number of benzene rings is 2. The van der Waals surface area contributed by atoms with Crippen molar-refractivity contribution < 1.29 is 33.2 Å². The number of thioether (sulfide) groups is 2. The van der Waals surface area contributed by atoms with Gasteiger partial charge in [-0.3, -0.25) is 0 Å². The van der Waals surface area contributed by atoms with Crippen LogP contribution in [-0.2, 0) is 15.9 Å². The van der Waals surface area contributed by atoms with Crippen molar-refractivity contribution in [2.45, 2.75) is 16.9 Å². The van der Waals surface area contributed by atoms with Crippen LogP contribution in [0.5, 0.6) is 28.7 Å². The molecule has 0 spiro atoms. The van der Waals surface area contributed by atoms with Gasteiger partial charge in [0.05, 0.1) is 25.4 Å². The van der Waals surface area contributed by atoms with Crippen LogP contribution in [-0.4, -0.2) is 64.7 Å². The van der Waals surface area contributed by atoms with Crippen molar-refractivity contribution in [2.24, 2.45) is 0 Å². The van der Waals surface area contributed by atoms with E-state index in [1.54, 1.807) is 35.5 Å². The summed E-state index contributed by atoms with van der Waals surface area (Å²) in [6, 6.07) is 9.61. The third-order valence-electron chi connectivity index (χ3n) is 5.41. The van der Waals surface area contributed by atoms with Gasteiger partial charge < -0.3 is 33.2 Å². The topological polar surface area (TPSA) is 64.6 Å². The van der Waals surface area contributed by atoms with Crippen LogP contribution in [0.2, 0.25) is 0 Å². The lowest BCUT2D eigenvalue weighted by atomic mass is 10.0. The van der Waals surface area contributed by atoms with Crippen molar-refractivity contribution in [3.63, 3.8) is 0 Å². The highest BCUT2D eigenvalue weighted by atomic mass is 32.2. The summed E-state index contributed by atoms with van der Waals surface area (Å²) >= 11 is 3.84. The highest BCUT2D eigenvalue weighted by Gasteiger charge is 2.34. The average molecular weight is 523 g/mol. The molecule has 3 rings (SSSR count). The van der Waals surface area contributed by atoms with Gasteiger partial charge in [0, 0.05) is 31.8 Å². The fraction of sp³-hybridized carbons (Fsp3) is 0.462. The zero-order valence-corrected chi connectivity index (χ0v) is 22.6. The van der Waals surface area contributed by atoms with E-state index in [1.165, 1.54) is 0 Å². The maximum atomic E-state index is 5.97. The summed E-state index contributed by atoms with van der Waals surface area (Å²) in [5, 5.41) is 0. The Bertz CT molecular complexity index is 974. The van der Waals surface area contributed by atoms with Gasteiger partial charge >= 0.3 is 0 Å². The third-order valence-corrected chi connectivity index (χ3v) is 8.64. The molecule has 0 N–H and O–H groups in total. The molecule has 0 amide bonds. The first kappa shape index (κ1) is 27.4. The van der Waals surface area contributed by atoms with Crippen molar-refractivity contribution in [3.8, 4) is 28.7 Å². The molecule has 9 heteroatoms. The zero-order valence-electron chi connectivity index (χ0n) is 21.0. The Morgan fingerprint density at radius 3 is 2.00 bits per heavy atom. The van der Waals surface area contributed by atoms with Gasteiger partial charge in [-0.2, -0.15) is 0 Å². The molecule has 0 atom stereocenters. The standard InChI is InChI=1S/C26H34O7S2/c1-27-17-32-24-19(8-6-9-22(24)30-4)12-13-26(34-14-7-15-35-26)16-20-21(29-3)10-11-23(31-5)25(20)33-18-28-2/h6,8-13H,7,14-18H2,1-5H3/b13-12+. The lowest BCUT2D eigenvalue weighted by molar-refractivity contribution is 0.0482. The molecule has 1 fully saturated rings. The Labute approximate surface area is 216 Å². The van der Waals surface area contributed by atoms with Gasteiger partial charge in [-0.25, -0.2) is 0 Å². The zero-order chi connectivity index (χ0) is 25.1. The highest BCUT2D eigenvalue weighted by Crippen LogP contribution is 2.50. The van der Waals surface area contributed by atoms with Crippen LogP contribution in [0.25, 0.3) is 6.08 Å². The van der Waals surface area contributed by atoms with E-state index in [-0.39, 0.29) is 17.7 Å². The first-order valence-electron chi connectivity index (χ1n) is 11.2. The van der Waals surface area contributed by atoms with E-state index in [0.717, 1.165) is 34.8 Å². The first-order valence-corrected chi connectivity index (χ1v) is 13.2. The molecule has 0 aromatic heterocycles. The summed E-state index contributed by atoms with van der Waals surface area (Å²) in [6.45, 7) is 0.251. The van der Waals surface area contributed by atoms with E-state index in [1.807, 2.05) is 53.9 Å². The molecule has 7 nitrogen and oxygen atoms in total. The second kappa shape index (κ2) is 13.8. The molecule has 1 aliphatic rings. The Hall–Kier alpha value is -2.20. The molecule has 2 aromatic carbocycles. The van der Waals surface area contributed by atoms with Crippen LogP contribution < -0.4 is 23.7 Å². The van der Waals surface area contributed by atoms with Crippen molar-refractivity contribution in [1.29, 1.82) is 0 Å². The second-order valence-electron chi connectivity index (χ2n) is 7.63. The monoisotopic (exact) mass is 522 g/mol. The van der Waals surface area contributed by atoms with Gasteiger partial charge in [-0.05, 0) is 36.1 Å². The van der Waals surface area contributed by atoms with Gasteiger partial charge in [0.1, 0.15) is 5.75 Å². The minimum absolute atomic E-state index is 0.115. The summed E-state index contributed by atoms with van der Waals surface area (Å²) in [5.74, 6) is 5.46. The lowest BCUT2D eigenvalue weighted by Crippen LogP contribution is -2.26. The molecular weight excluding hydrogens is 488 g/mol. The second-order valence-corrected chi connectivity index (χ2v) is 10.7. The van der Waals surface area contributed by atoms with Crippen LogP contribution in [0.4, 0.5) is 0 Å². The van der Waals surface area contributed by atoms with E-state index < -0.39 is 0 Å². The van der Waals surface area contributed by atoms with Gasteiger partial charge in [0.2, 0.25) is 0 Å². The van der Waals surface area contributed by atoms with Crippen molar-refractivity contribution in [2.75, 3.05) is 60.6 Å². The molecule has 0 unspecified atom stereocenters. The van der Waals surface area contributed by atoms with E-state index in [2.05, 4.69) is 12.2 Å². The Morgan fingerprint density at radius 1 is 0.771 bits per heavy atom. The fourth-order valence-corrected chi connectivity index (χ4v) is 6.90. The summed E-state index contributed by atoms with van der Waals surface area (Å²) < 4.78 is 38.7. The van der Waals surface area contributed by atoms with Crippen LogP contribution in [0.1, 0.15) is 17.5 Å². The lowest BCUT2D eigenvalue weighted by Gasteiger charge is -2.34. The normalized spacial score (nSPS) is 15.1. The van der Waals surface area contributed by atoms with Crippen molar-refractivity contribution >= 4 is 29.6 Å².